The van der Waals surface area contributed by atoms with Gasteiger partial charge in [-0.3, -0.25) is 37.7 Å². The van der Waals surface area contributed by atoms with Gasteiger partial charge in [-0.1, -0.05) is 36.4 Å². The van der Waals surface area contributed by atoms with Gasteiger partial charge in [0.2, 0.25) is 19.0 Å². The van der Waals surface area contributed by atoms with E-state index in [1.807, 2.05) is 0 Å². The number of pyridine rings is 1. The number of carbonyl (C=O) groups excluding carboxylic acids is 4. The molecule has 1 aliphatic carbocycles. The minimum atomic E-state index is -4.36. The van der Waals surface area contributed by atoms with E-state index in [2.05, 4.69) is 5.32 Å². The van der Waals surface area contributed by atoms with Gasteiger partial charge in [-0.05, 0) is 52.2 Å². The summed E-state index contributed by atoms with van der Waals surface area (Å²) in [4.78, 5) is 67.5. The monoisotopic (exact) mass is 834 g/mol. The number of fused-ring (bicyclic) bond motifs is 1. The van der Waals surface area contributed by atoms with E-state index in [1.165, 1.54) is 16.6 Å². The van der Waals surface area contributed by atoms with Crippen molar-refractivity contribution in [3.05, 3.63) is 99.0 Å². The zero-order valence-corrected chi connectivity index (χ0v) is 33.6. The highest BCUT2D eigenvalue weighted by molar-refractivity contribution is 7.54. The summed E-state index contributed by atoms with van der Waals surface area (Å²) < 4.78 is 80.6. The summed E-state index contributed by atoms with van der Waals surface area (Å²) in [7, 11) is -1.30. The topological polar surface area (TPSA) is 190 Å². The number of amides is 2. The molecule has 0 bridgehead atoms. The molecule has 1 unspecified atom stereocenters. The summed E-state index contributed by atoms with van der Waals surface area (Å²) in [6, 6.07) is 11.6. The van der Waals surface area contributed by atoms with E-state index in [9.17, 15) is 37.3 Å². The van der Waals surface area contributed by atoms with Crippen LogP contribution in [-0.2, 0) is 45.7 Å². The summed E-state index contributed by atoms with van der Waals surface area (Å²) >= 11 is 0. The largest absolute Gasteiger partial charge is 0.510 e. The maximum atomic E-state index is 14.5. The fourth-order valence-corrected chi connectivity index (χ4v) is 8.44. The summed E-state index contributed by atoms with van der Waals surface area (Å²) in [6.45, 7) is 4.10. The molecule has 0 radical (unpaired) electrons. The van der Waals surface area contributed by atoms with Crippen LogP contribution in [0.4, 0.5) is 18.4 Å². The molecule has 0 saturated heterocycles. The highest BCUT2D eigenvalue weighted by atomic mass is 31.2. The standard InChI is InChI=1S/C38H45F2N4O13P/c1-23(2)56-36(48)52-21-54-58(50,55-22-53-37(49)57-24(3)4)28-14-15-38(17-28)42(5)35(47)31-33(51-20-25-10-8-7-9-11-25)32(45)29(19-44(31)43(38)6)34(46)41-18-26-12-13-27(39)16-30(26)40/h7-13,16,19,23-24,28H,14-15,17-18,20-22H2,1-6H3,(H,41,46)/t28-,38?/m0/s1. The highest BCUT2D eigenvalue weighted by Gasteiger charge is 2.57. The van der Waals surface area contributed by atoms with Crippen molar-refractivity contribution in [2.24, 2.45) is 0 Å². The lowest BCUT2D eigenvalue weighted by Crippen LogP contribution is -2.67. The second-order valence-electron chi connectivity index (χ2n) is 14.0. The quantitative estimate of drug-likeness (QED) is 0.110. The number of rotatable bonds is 15. The molecule has 58 heavy (non-hydrogen) atoms. The highest BCUT2D eigenvalue weighted by Crippen LogP contribution is 2.61. The zero-order chi connectivity index (χ0) is 42.4. The molecule has 2 atom stereocenters. The Bertz CT molecular complexity index is 2090. The molecule has 2 heterocycles. The third kappa shape index (κ3) is 9.77. The number of nitrogens with zero attached hydrogens (tertiary/aromatic N) is 3. The Hall–Kier alpha value is -5.52. The van der Waals surface area contributed by atoms with Crippen LogP contribution >= 0.6 is 7.60 Å². The first-order valence-electron chi connectivity index (χ1n) is 18.2. The van der Waals surface area contributed by atoms with Gasteiger partial charge in [-0.2, -0.15) is 0 Å². The normalized spacial score (nSPS) is 17.7. The Balaban J connectivity index is 1.48. The number of hydrogen-bond donors (Lipinski definition) is 1. The molecule has 2 amide bonds. The van der Waals surface area contributed by atoms with Gasteiger partial charge in [0.05, 0.1) is 17.9 Å². The lowest BCUT2D eigenvalue weighted by atomic mass is 10.0. The Morgan fingerprint density at radius 3 is 2.14 bits per heavy atom. The number of nitrogens with one attached hydrogen (secondary N) is 1. The third-order valence-electron chi connectivity index (χ3n) is 9.50. The van der Waals surface area contributed by atoms with E-state index >= 15 is 0 Å². The van der Waals surface area contributed by atoms with Crippen LogP contribution in [0.2, 0.25) is 0 Å². The number of benzene rings is 2. The van der Waals surface area contributed by atoms with Gasteiger partial charge in [0.1, 0.15) is 29.5 Å². The molecular weight excluding hydrogens is 789 g/mol. The van der Waals surface area contributed by atoms with Crippen molar-refractivity contribution in [3.8, 4) is 5.75 Å². The predicted octanol–water partition coefficient (Wildman–Crippen LogP) is 5.80. The maximum absolute atomic E-state index is 14.5. The zero-order valence-electron chi connectivity index (χ0n) is 32.7. The van der Waals surface area contributed by atoms with Crippen molar-refractivity contribution in [1.29, 1.82) is 0 Å². The fraction of sp³-hybridized carbons (Fsp3) is 0.447. The maximum Gasteiger partial charge on any atom is 0.510 e. The van der Waals surface area contributed by atoms with Gasteiger partial charge in [-0.15, -0.1) is 0 Å². The molecule has 17 nitrogen and oxygen atoms in total. The molecular formula is C38H45F2N4O13P. The Morgan fingerprint density at radius 1 is 0.931 bits per heavy atom. The van der Waals surface area contributed by atoms with Crippen molar-refractivity contribution in [1.82, 2.24) is 14.9 Å². The first-order valence-corrected chi connectivity index (χ1v) is 19.8. The smallest absolute Gasteiger partial charge is 0.482 e. The van der Waals surface area contributed by atoms with Crippen LogP contribution in [0.15, 0.2) is 59.5 Å². The van der Waals surface area contributed by atoms with Gasteiger partial charge < -0.3 is 33.9 Å². The molecule has 1 saturated carbocycles. The van der Waals surface area contributed by atoms with Crippen LogP contribution in [-0.4, -0.2) is 84.9 Å². The fourth-order valence-electron chi connectivity index (χ4n) is 6.58. The second kappa shape index (κ2) is 18.4. The van der Waals surface area contributed by atoms with Gasteiger partial charge in [0.15, 0.2) is 11.4 Å². The minimum Gasteiger partial charge on any atom is -0.482 e. The van der Waals surface area contributed by atoms with Gasteiger partial charge in [0, 0.05) is 44.9 Å². The number of carbonyl (C=O) groups is 4. The minimum absolute atomic E-state index is 0.0449. The van der Waals surface area contributed by atoms with Crippen molar-refractivity contribution in [3.63, 3.8) is 0 Å². The number of aromatic nitrogens is 1. The third-order valence-corrected chi connectivity index (χ3v) is 11.8. The molecule has 1 fully saturated rings. The number of halogens is 2. The molecule has 1 N–H and O–H groups in total. The molecule has 20 heteroatoms. The molecule has 2 aliphatic rings. The Morgan fingerprint density at radius 2 is 1.55 bits per heavy atom. The molecule has 2 aromatic carbocycles. The Labute approximate surface area is 332 Å². The van der Waals surface area contributed by atoms with E-state index < -0.39 is 104 Å². The van der Waals surface area contributed by atoms with Crippen LogP contribution in [0.25, 0.3) is 0 Å². The first kappa shape index (κ1) is 43.6. The van der Waals surface area contributed by atoms with Crippen LogP contribution in [0, 0.1) is 11.6 Å². The average molecular weight is 835 g/mol. The number of hydrogen-bond acceptors (Lipinski definition) is 14. The molecule has 314 valence electrons. The van der Waals surface area contributed by atoms with Crippen LogP contribution in [0.1, 0.15) is 78.9 Å². The van der Waals surface area contributed by atoms with Crippen molar-refractivity contribution >= 4 is 31.7 Å². The molecule has 3 aromatic rings. The van der Waals surface area contributed by atoms with Crippen LogP contribution in [0.5, 0.6) is 5.75 Å². The molecule has 1 aromatic heterocycles. The van der Waals surface area contributed by atoms with Gasteiger partial charge >= 0.3 is 19.9 Å². The van der Waals surface area contributed by atoms with E-state index in [0.29, 0.717) is 11.6 Å². The lowest BCUT2D eigenvalue weighted by Gasteiger charge is -2.51. The average Bonchev–Trinajstić information content (AvgIpc) is 3.62. The SMILES string of the molecule is CC(C)OC(=O)OCOP(=O)(OCOC(=O)OC(C)C)[C@H]1CCC2(C1)N(C)C(=O)c1c(OCc3ccccc3)c(=O)c(C(=O)NCc3ccc(F)cc3F)cn1N2C. The van der Waals surface area contributed by atoms with E-state index in [1.54, 1.807) is 70.1 Å². The first-order chi connectivity index (χ1) is 27.5. The van der Waals surface area contributed by atoms with E-state index in [4.69, 9.17) is 32.7 Å². The van der Waals surface area contributed by atoms with Crippen LogP contribution < -0.4 is 20.5 Å². The van der Waals surface area contributed by atoms with Crippen molar-refractivity contribution < 1.29 is 65.3 Å². The Kier molecular flexibility index (Phi) is 13.8. The summed E-state index contributed by atoms with van der Waals surface area (Å²) in [6.07, 6.45) is -1.97. The summed E-state index contributed by atoms with van der Waals surface area (Å²) in [5.41, 5.74) is -3.29. The molecule has 1 spiro atoms. The summed E-state index contributed by atoms with van der Waals surface area (Å²) in [5, 5.41) is 4.05. The summed E-state index contributed by atoms with van der Waals surface area (Å²) in [5.74, 6) is -3.78. The van der Waals surface area contributed by atoms with Crippen molar-refractivity contribution in [2.45, 2.75) is 83.6 Å². The van der Waals surface area contributed by atoms with Crippen LogP contribution in [0.3, 0.4) is 0 Å². The lowest BCUT2D eigenvalue weighted by molar-refractivity contribution is -0.0318. The van der Waals surface area contributed by atoms with Gasteiger partial charge in [0.25, 0.3) is 11.8 Å². The van der Waals surface area contributed by atoms with Crippen molar-refractivity contribution in [2.75, 3.05) is 32.7 Å². The molecule has 1 aliphatic heterocycles. The number of ether oxygens (including phenoxy) is 5. The van der Waals surface area contributed by atoms with Gasteiger partial charge in [-0.25, -0.2) is 18.4 Å². The molecule has 5 rings (SSSR count). The second-order valence-corrected chi connectivity index (χ2v) is 16.3. The van der Waals surface area contributed by atoms with E-state index in [-0.39, 0.29) is 37.1 Å². The predicted molar refractivity (Wildman–Crippen MR) is 201 cm³/mol. The van der Waals surface area contributed by atoms with E-state index in [0.717, 1.165) is 18.3 Å².